The number of benzene rings is 2. The summed E-state index contributed by atoms with van der Waals surface area (Å²) in [6.45, 7) is 0. The molecule has 2 aromatic carbocycles. The lowest BCUT2D eigenvalue weighted by Crippen LogP contribution is -1.93. The van der Waals surface area contributed by atoms with Crippen molar-refractivity contribution in [2.24, 2.45) is 0 Å². The monoisotopic (exact) mass is 297 g/mol. The highest BCUT2D eigenvalue weighted by molar-refractivity contribution is 5.86. The predicted octanol–water partition coefficient (Wildman–Crippen LogP) is 4.45. The first-order valence-electron chi connectivity index (χ1n) is 7.16. The van der Waals surface area contributed by atoms with Gasteiger partial charge in [0.2, 0.25) is 5.88 Å². The summed E-state index contributed by atoms with van der Waals surface area (Å²) in [5.74, 6) is 1.01. The van der Waals surface area contributed by atoms with E-state index in [1.54, 1.807) is 12.3 Å². The van der Waals surface area contributed by atoms with Gasteiger partial charge in [-0.2, -0.15) is 5.26 Å². The van der Waals surface area contributed by atoms with Crippen molar-refractivity contribution < 1.29 is 4.74 Å². The molecule has 2 heterocycles. The molecule has 108 valence electrons. The Morgan fingerprint density at radius 2 is 1.83 bits per heavy atom. The third-order valence-corrected chi connectivity index (χ3v) is 3.62. The van der Waals surface area contributed by atoms with Gasteiger partial charge in [-0.25, -0.2) is 4.98 Å². The van der Waals surface area contributed by atoms with E-state index < -0.39 is 0 Å². The summed E-state index contributed by atoms with van der Waals surface area (Å²) in [5.41, 5.74) is 2.04. The smallest absolute Gasteiger partial charge is 0.221 e. The van der Waals surface area contributed by atoms with Crippen molar-refractivity contribution in [1.82, 2.24) is 9.97 Å². The van der Waals surface area contributed by atoms with Crippen molar-refractivity contribution in [2.75, 3.05) is 0 Å². The molecule has 4 heteroatoms. The highest BCUT2D eigenvalue weighted by Gasteiger charge is 2.09. The van der Waals surface area contributed by atoms with Gasteiger partial charge < -0.3 is 4.74 Å². The minimum atomic E-state index is 0.387. The van der Waals surface area contributed by atoms with Crippen LogP contribution in [-0.4, -0.2) is 9.97 Å². The molecular formula is C19H11N3O. The van der Waals surface area contributed by atoms with Crippen molar-refractivity contribution in [2.45, 2.75) is 0 Å². The molecule has 0 aliphatic heterocycles. The maximum Gasteiger partial charge on any atom is 0.221 e. The van der Waals surface area contributed by atoms with Crippen LogP contribution in [0.25, 0.3) is 21.8 Å². The second-order valence-electron chi connectivity index (χ2n) is 5.07. The van der Waals surface area contributed by atoms with Gasteiger partial charge in [-0.15, -0.1) is 0 Å². The molecule has 0 saturated carbocycles. The zero-order valence-electron chi connectivity index (χ0n) is 12.1. The Labute approximate surface area is 132 Å². The Bertz CT molecular complexity index is 1060. The Balaban J connectivity index is 1.85. The van der Waals surface area contributed by atoms with Crippen LogP contribution >= 0.6 is 0 Å². The minimum absolute atomic E-state index is 0.387. The second-order valence-corrected chi connectivity index (χ2v) is 5.07. The van der Waals surface area contributed by atoms with Gasteiger partial charge in [-0.3, -0.25) is 4.98 Å². The van der Waals surface area contributed by atoms with Crippen LogP contribution in [0.15, 0.2) is 66.9 Å². The molecule has 0 amide bonds. The van der Waals surface area contributed by atoms with Gasteiger partial charge in [-0.1, -0.05) is 36.4 Å². The maximum absolute atomic E-state index is 9.35. The molecule has 0 saturated heterocycles. The van der Waals surface area contributed by atoms with Crippen LogP contribution in [0.3, 0.4) is 0 Å². The quantitative estimate of drug-likeness (QED) is 0.548. The number of fused-ring (bicyclic) bond motifs is 2. The molecule has 4 nitrogen and oxygen atoms in total. The normalized spacial score (nSPS) is 10.6. The first-order valence-corrected chi connectivity index (χ1v) is 7.16. The van der Waals surface area contributed by atoms with Gasteiger partial charge in [0, 0.05) is 23.0 Å². The number of nitriles is 1. The maximum atomic E-state index is 9.35. The largest absolute Gasteiger partial charge is 0.437 e. The first kappa shape index (κ1) is 13.2. The van der Waals surface area contributed by atoms with E-state index in [1.807, 2.05) is 54.6 Å². The summed E-state index contributed by atoms with van der Waals surface area (Å²) < 4.78 is 5.92. The summed E-state index contributed by atoms with van der Waals surface area (Å²) in [6.07, 6.45) is 1.73. The van der Waals surface area contributed by atoms with Crippen molar-refractivity contribution in [3.8, 4) is 17.7 Å². The Hall–Kier alpha value is -3.45. The van der Waals surface area contributed by atoms with Crippen LogP contribution in [0.4, 0.5) is 0 Å². The van der Waals surface area contributed by atoms with Crippen LogP contribution < -0.4 is 4.74 Å². The molecule has 0 bridgehead atoms. The number of rotatable bonds is 2. The SMILES string of the molecule is N#Cc1cc(Oc2cccc3cccnc23)nc2ccccc12. The van der Waals surface area contributed by atoms with Gasteiger partial charge in [0.1, 0.15) is 11.6 Å². The first-order chi connectivity index (χ1) is 11.3. The minimum Gasteiger partial charge on any atom is -0.437 e. The molecule has 0 aliphatic rings. The fourth-order valence-electron chi connectivity index (χ4n) is 2.57. The summed E-state index contributed by atoms with van der Waals surface area (Å²) in [7, 11) is 0. The summed E-state index contributed by atoms with van der Waals surface area (Å²) in [5, 5.41) is 11.2. The van der Waals surface area contributed by atoms with E-state index in [-0.39, 0.29) is 0 Å². The van der Waals surface area contributed by atoms with Crippen LogP contribution in [0.5, 0.6) is 11.6 Å². The number of ether oxygens (including phenoxy) is 1. The molecule has 0 spiro atoms. The molecule has 23 heavy (non-hydrogen) atoms. The Morgan fingerprint density at radius 1 is 0.957 bits per heavy atom. The second kappa shape index (κ2) is 5.39. The number of pyridine rings is 2. The van der Waals surface area contributed by atoms with Crippen molar-refractivity contribution >= 4 is 21.8 Å². The fourth-order valence-corrected chi connectivity index (χ4v) is 2.57. The van der Waals surface area contributed by atoms with Gasteiger partial charge in [0.15, 0.2) is 5.75 Å². The highest BCUT2D eigenvalue weighted by Crippen LogP contribution is 2.29. The number of aromatic nitrogens is 2. The van der Waals surface area contributed by atoms with Crippen LogP contribution in [0.1, 0.15) is 5.56 Å². The summed E-state index contributed by atoms with van der Waals surface area (Å²) >= 11 is 0. The van der Waals surface area contributed by atoms with Gasteiger partial charge >= 0.3 is 0 Å². The van der Waals surface area contributed by atoms with E-state index in [1.165, 1.54) is 0 Å². The van der Waals surface area contributed by atoms with E-state index in [4.69, 9.17) is 4.74 Å². The average Bonchev–Trinajstić information content (AvgIpc) is 2.61. The molecule has 2 aromatic heterocycles. The number of hydrogen-bond acceptors (Lipinski definition) is 4. The van der Waals surface area contributed by atoms with E-state index >= 15 is 0 Å². The molecule has 0 aliphatic carbocycles. The lowest BCUT2D eigenvalue weighted by Gasteiger charge is -2.09. The van der Waals surface area contributed by atoms with Crippen LogP contribution in [-0.2, 0) is 0 Å². The zero-order chi connectivity index (χ0) is 15.6. The van der Waals surface area contributed by atoms with E-state index in [0.717, 1.165) is 21.8 Å². The Kier molecular flexibility index (Phi) is 3.10. The molecular weight excluding hydrogens is 286 g/mol. The van der Waals surface area contributed by atoms with Crippen molar-refractivity contribution in [1.29, 1.82) is 5.26 Å². The van der Waals surface area contributed by atoms with Gasteiger partial charge in [0.05, 0.1) is 11.1 Å². The van der Waals surface area contributed by atoms with E-state index in [9.17, 15) is 5.26 Å². The topological polar surface area (TPSA) is 58.8 Å². The standard InChI is InChI=1S/C19H11N3O/c20-12-14-11-18(22-16-8-2-1-7-15(14)16)23-17-9-3-5-13-6-4-10-21-19(13)17/h1-11H. The lowest BCUT2D eigenvalue weighted by molar-refractivity contribution is 0.469. The summed E-state index contributed by atoms with van der Waals surface area (Å²) in [6, 6.07) is 21.0. The van der Waals surface area contributed by atoms with E-state index in [0.29, 0.717) is 17.2 Å². The number of para-hydroxylation sites is 2. The number of nitrogens with zero attached hydrogens (tertiary/aromatic N) is 3. The van der Waals surface area contributed by atoms with Gasteiger partial charge in [-0.05, 0) is 18.2 Å². The molecule has 4 rings (SSSR count). The third kappa shape index (κ3) is 2.34. The molecule has 0 radical (unpaired) electrons. The van der Waals surface area contributed by atoms with Crippen LogP contribution in [0, 0.1) is 11.3 Å². The molecule has 0 atom stereocenters. The number of hydrogen-bond donors (Lipinski definition) is 0. The zero-order valence-corrected chi connectivity index (χ0v) is 12.1. The van der Waals surface area contributed by atoms with Crippen LogP contribution in [0.2, 0.25) is 0 Å². The third-order valence-electron chi connectivity index (χ3n) is 3.62. The van der Waals surface area contributed by atoms with Gasteiger partial charge in [0.25, 0.3) is 0 Å². The molecule has 0 fully saturated rings. The van der Waals surface area contributed by atoms with Crippen molar-refractivity contribution in [3.05, 3.63) is 72.4 Å². The molecule has 0 unspecified atom stereocenters. The lowest BCUT2D eigenvalue weighted by atomic mass is 10.1. The highest BCUT2D eigenvalue weighted by atomic mass is 16.5. The van der Waals surface area contributed by atoms with E-state index in [2.05, 4.69) is 16.0 Å². The average molecular weight is 297 g/mol. The molecule has 4 aromatic rings. The predicted molar refractivity (Wildman–Crippen MR) is 88.3 cm³/mol. The van der Waals surface area contributed by atoms with Crippen molar-refractivity contribution in [3.63, 3.8) is 0 Å². The fraction of sp³-hybridized carbons (Fsp3) is 0. The molecule has 0 N–H and O–H groups in total. The summed E-state index contributed by atoms with van der Waals surface area (Å²) in [4.78, 5) is 8.85. The Morgan fingerprint density at radius 3 is 2.74 bits per heavy atom.